The van der Waals surface area contributed by atoms with E-state index in [9.17, 15) is 9.59 Å². The lowest BCUT2D eigenvalue weighted by Gasteiger charge is -2.19. The number of carbonyl (C=O) groups is 2. The van der Waals surface area contributed by atoms with Crippen molar-refractivity contribution in [2.45, 2.75) is 32.9 Å². The van der Waals surface area contributed by atoms with Crippen LogP contribution < -0.4 is 0 Å². The van der Waals surface area contributed by atoms with E-state index in [1.807, 2.05) is 6.92 Å². The van der Waals surface area contributed by atoms with E-state index >= 15 is 0 Å². The first-order chi connectivity index (χ1) is 6.60. The Hall–Kier alpha value is -1.32. The molecule has 1 rings (SSSR count). The monoisotopic (exact) mass is 197 g/mol. The van der Waals surface area contributed by atoms with Crippen molar-refractivity contribution in [3.05, 3.63) is 11.6 Å². The number of esters is 1. The Labute approximate surface area is 83.5 Å². The molecule has 1 aliphatic heterocycles. The fourth-order valence-corrected chi connectivity index (χ4v) is 1.30. The summed E-state index contributed by atoms with van der Waals surface area (Å²) in [4.78, 5) is 23.9. The number of hydrogen-bond donors (Lipinski definition) is 0. The molecule has 0 radical (unpaired) electrons. The summed E-state index contributed by atoms with van der Waals surface area (Å²) in [6.07, 6.45) is 2.19. The third-order valence-electron chi connectivity index (χ3n) is 2.24. The zero-order chi connectivity index (χ0) is 10.7. The SMILES string of the molecule is CCC(=O)OC1C=C(CC)C(=O)N1C. The molecule has 1 heterocycles. The van der Waals surface area contributed by atoms with Gasteiger partial charge in [-0.25, -0.2) is 0 Å². The molecule has 0 aromatic carbocycles. The van der Waals surface area contributed by atoms with Crippen LogP contribution in [0.25, 0.3) is 0 Å². The van der Waals surface area contributed by atoms with Gasteiger partial charge in [-0.05, 0) is 12.5 Å². The standard InChI is InChI=1S/C10H15NO3/c1-4-7-6-8(11(3)10(7)13)14-9(12)5-2/h6,8H,4-5H2,1-3H3. The van der Waals surface area contributed by atoms with Crippen LogP contribution in [0.3, 0.4) is 0 Å². The van der Waals surface area contributed by atoms with Crippen LogP contribution in [0.1, 0.15) is 26.7 Å². The van der Waals surface area contributed by atoms with E-state index in [1.165, 1.54) is 4.90 Å². The zero-order valence-corrected chi connectivity index (χ0v) is 8.74. The van der Waals surface area contributed by atoms with Gasteiger partial charge in [0.1, 0.15) is 0 Å². The maximum Gasteiger partial charge on any atom is 0.307 e. The van der Waals surface area contributed by atoms with E-state index in [-0.39, 0.29) is 11.9 Å². The number of rotatable bonds is 3. The molecule has 0 aliphatic carbocycles. The first-order valence-corrected chi connectivity index (χ1v) is 4.77. The van der Waals surface area contributed by atoms with Gasteiger partial charge in [0, 0.05) is 19.0 Å². The van der Waals surface area contributed by atoms with E-state index in [0.717, 1.165) is 0 Å². The fraction of sp³-hybridized carbons (Fsp3) is 0.600. The molecule has 0 aromatic rings. The second-order valence-corrected chi connectivity index (χ2v) is 3.20. The van der Waals surface area contributed by atoms with Gasteiger partial charge >= 0.3 is 5.97 Å². The van der Waals surface area contributed by atoms with Crippen LogP contribution >= 0.6 is 0 Å². The van der Waals surface area contributed by atoms with Crippen molar-refractivity contribution in [3.63, 3.8) is 0 Å². The summed E-state index contributed by atoms with van der Waals surface area (Å²) in [5.74, 6) is -0.343. The highest BCUT2D eigenvalue weighted by molar-refractivity contribution is 5.96. The van der Waals surface area contributed by atoms with Crippen LogP contribution in [0.15, 0.2) is 11.6 Å². The Morgan fingerprint density at radius 2 is 2.21 bits per heavy atom. The van der Waals surface area contributed by atoms with Crippen molar-refractivity contribution in [3.8, 4) is 0 Å². The number of ether oxygens (including phenoxy) is 1. The van der Waals surface area contributed by atoms with Crippen molar-refractivity contribution in [2.24, 2.45) is 0 Å². The summed E-state index contributed by atoms with van der Waals surface area (Å²) in [7, 11) is 1.63. The average molecular weight is 197 g/mol. The molecule has 0 spiro atoms. The molecule has 0 fully saturated rings. The molecule has 0 saturated heterocycles. The van der Waals surface area contributed by atoms with E-state index in [1.54, 1.807) is 20.0 Å². The fourth-order valence-electron chi connectivity index (χ4n) is 1.30. The molecule has 0 aromatic heterocycles. The lowest BCUT2D eigenvalue weighted by atomic mass is 10.2. The Bertz CT molecular complexity index is 283. The normalized spacial score (nSPS) is 21.1. The van der Waals surface area contributed by atoms with Gasteiger partial charge < -0.3 is 9.64 Å². The van der Waals surface area contributed by atoms with Crippen LogP contribution in [0.5, 0.6) is 0 Å². The maximum absolute atomic E-state index is 11.5. The summed E-state index contributed by atoms with van der Waals surface area (Å²) in [5.41, 5.74) is 0.710. The second-order valence-electron chi connectivity index (χ2n) is 3.20. The van der Waals surface area contributed by atoms with Crippen LogP contribution in [-0.2, 0) is 14.3 Å². The minimum Gasteiger partial charge on any atom is -0.438 e. The second kappa shape index (κ2) is 4.26. The Morgan fingerprint density at radius 3 is 2.64 bits per heavy atom. The lowest BCUT2D eigenvalue weighted by molar-refractivity contribution is -0.155. The van der Waals surface area contributed by atoms with Gasteiger partial charge in [0.15, 0.2) is 6.23 Å². The smallest absolute Gasteiger partial charge is 0.307 e. The molecule has 1 unspecified atom stereocenters. The van der Waals surface area contributed by atoms with Gasteiger partial charge in [0.2, 0.25) is 0 Å². The van der Waals surface area contributed by atoms with Crippen molar-refractivity contribution >= 4 is 11.9 Å². The topological polar surface area (TPSA) is 46.6 Å². The van der Waals surface area contributed by atoms with E-state index in [4.69, 9.17) is 4.74 Å². The number of hydrogen-bond acceptors (Lipinski definition) is 3. The minimum absolute atomic E-state index is 0.0543. The Kier molecular flexibility index (Phi) is 3.28. The summed E-state index contributed by atoms with van der Waals surface area (Å²) >= 11 is 0. The molecule has 14 heavy (non-hydrogen) atoms. The van der Waals surface area contributed by atoms with E-state index < -0.39 is 6.23 Å². The number of amides is 1. The first kappa shape index (κ1) is 10.8. The van der Waals surface area contributed by atoms with Crippen molar-refractivity contribution in [2.75, 3.05) is 7.05 Å². The molecule has 78 valence electrons. The van der Waals surface area contributed by atoms with Crippen molar-refractivity contribution < 1.29 is 14.3 Å². The summed E-state index contributed by atoms with van der Waals surface area (Å²) in [5, 5.41) is 0. The summed E-state index contributed by atoms with van der Waals surface area (Å²) in [6.45, 7) is 3.63. The first-order valence-electron chi connectivity index (χ1n) is 4.77. The van der Waals surface area contributed by atoms with Crippen LogP contribution in [-0.4, -0.2) is 30.1 Å². The number of nitrogens with zero attached hydrogens (tertiary/aromatic N) is 1. The zero-order valence-electron chi connectivity index (χ0n) is 8.74. The summed E-state index contributed by atoms with van der Waals surface area (Å²) < 4.78 is 5.07. The van der Waals surface area contributed by atoms with Gasteiger partial charge in [-0.2, -0.15) is 0 Å². The minimum atomic E-state index is -0.509. The van der Waals surface area contributed by atoms with Gasteiger partial charge in [0.25, 0.3) is 5.91 Å². The maximum atomic E-state index is 11.5. The molecule has 4 nitrogen and oxygen atoms in total. The number of carbonyl (C=O) groups excluding carboxylic acids is 2. The summed E-state index contributed by atoms with van der Waals surface area (Å²) in [6, 6.07) is 0. The van der Waals surface area contributed by atoms with E-state index in [2.05, 4.69) is 0 Å². The molecule has 1 atom stereocenters. The molecule has 0 saturated carbocycles. The Morgan fingerprint density at radius 1 is 1.57 bits per heavy atom. The predicted octanol–water partition coefficient (Wildman–Crippen LogP) is 1.07. The molecular weight excluding hydrogens is 182 g/mol. The van der Waals surface area contributed by atoms with Crippen molar-refractivity contribution in [1.29, 1.82) is 0 Å². The molecule has 0 bridgehead atoms. The molecule has 0 N–H and O–H groups in total. The largest absolute Gasteiger partial charge is 0.438 e. The van der Waals surface area contributed by atoms with Gasteiger partial charge in [-0.15, -0.1) is 0 Å². The Balaban J connectivity index is 2.68. The van der Waals surface area contributed by atoms with Crippen LogP contribution in [0.2, 0.25) is 0 Å². The van der Waals surface area contributed by atoms with Gasteiger partial charge in [-0.3, -0.25) is 9.59 Å². The van der Waals surface area contributed by atoms with E-state index in [0.29, 0.717) is 18.4 Å². The highest BCUT2D eigenvalue weighted by atomic mass is 16.6. The predicted molar refractivity (Wildman–Crippen MR) is 51.3 cm³/mol. The molecule has 1 amide bonds. The third kappa shape index (κ3) is 1.95. The van der Waals surface area contributed by atoms with Crippen molar-refractivity contribution in [1.82, 2.24) is 4.90 Å². The molecule has 1 aliphatic rings. The molecule has 4 heteroatoms. The molecular formula is C10H15NO3. The third-order valence-corrected chi connectivity index (χ3v) is 2.24. The van der Waals surface area contributed by atoms with Gasteiger partial charge in [0.05, 0.1) is 0 Å². The lowest BCUT2D eigenvalue weighted by Crippen LogP contribution is -2.33. The van der Waals surface area contributed by atoms with Crippen LogP contribution in [0.4, 0.5) is 0 Å². The highest BCUT2D eigenvalue weighted by Gasteiger charge is 2.30. The van der Waals surface area contributed by atoms with Crippen LogP contribution in [0, 0.1) is 0 Å². The average Bonchev–Trinajstić information content (AvgIpc) is 2.45. The highest BCUT2D eigenvalue weighted by Crippen LogP contribution is 2.19. The number of likely N-dealkylation sites (N-methyl/N-ethyl adjacent to an activating group) is 1. The quantitative estimate of drug-likeness (QED) is 0.636. The van der Waals surface area contributed by atoms with Gasteiger partial charge in [-0.1, -0.05) is 13.8 Å².